The van der Waals surface area contributed by atoms with Crippen molar-refractivity contribution in [2.45, 2.75) is 176 Å². The van der Waals surface area contributed by atoms with Gasteiger partial charge >= 0.3 is 0 Å². The average Bonchev–Trinajstić information content (AvgIpc) is 2.95. The lowest BCUT2D eigenvalue weighted by molar-refractivity contribution is 0.693. The van der Waals surface area contributed by atoms with Gasteiger partial charge in [-0.15, -0.1) is 0 Å². The van der Waals surface area contributed by atoms with Crippen LogP contribution < -0.4 is 0 Å². The maximum atomic E-state index is 2.68. The first kappa shape index (κ1) is 33.6. The van der Waals surface area contributed by atoms with E-state index in [1.807, 2.05) is 0 Å². The van der Waals surface area contributed by atoms with Gasteiger partial charge in [-0.1, -0.05) is 111 Å². The fourth-order valence-electron chi connectivity index (χ4n) is 6.43. The molecule has 0 bridgehead atoms. The van der Waals surface area contributed by atoms with Crippen molar-refractivity contribution in [3.05, 3.63) is 68.8 Å². The summed E-state index contributed by atoms with van der Waals surface area (Å²) < 4.78 is 0. The number of unbranched alkanes of at least 4 members (excludes halogenated alkanes) is 6. The molecule has 0 spiro atoms. The van der Waals surface area contributed by atoms with Gasteiger partial charge in [0.1, 0.15) is 0 Å². The van der Waals surface area contributed by atoms with Gasteiger partial charge in [0.2, 0.25) is 0 Å². The van der Waals surface area contributed by atoms with Crippen LogP contribution in [0.3, 0.4) is 0 Å². The molecule has 220 valence electrons. The van der Waals surface area contributed by atoms with E-state index in [-0.39, 0.29) is 0 Å². The Morgan fingerprint density at radius 3 is 1.08 bits per heavy atom. The fourth-order valence-corrected chi connectivity index (χ4v) is 6.43. The number of hydrogen-bond acceptors (Lipinski definition) is 0. The summed E-state index contributed by atoms with van der Waals surface area (Å²) in [6, 6.07) is 10.6. The summed E-state index contributed by atoms with van der Waals surface area (Å²) in [5.41, 5.74) is 13.4. The Morgan fingerprint density at radius 2 is 0.744 bits per heavy atom. The lowest BCUT2D eigenvalue weighted by Crippen LogP contribution is -2.13. The molecule has 0 heterocycles. The molecular weight excluding hydrogens is 468 g/mol. The van der Waals surface area contributed by atoms with Gasteiger partial charge in [-0.25, -0.2) is 0 Å². The van der Waals surface area contributed by atoms with Crippen LogP contribution in [0.25, 0.3) is 0 Å². The fraction of sp³-hybridized carbons (Fsp3) is 0.692. The zero-order chi connectivity index (χ0) is 28.5. The Morgan fingerprint density at radius 1 is 0.410 bits per heavy atom. The molecule has 0 amide bonds. The van der Waals surface area contributed by atoms with E-state index in [2.05, 4.69) is 72.7 Å². The van der Waals surface area contributed by atoms with E-state index in [1.54, 1.807) is 44.5 Å². The predicted molar refractivity (Wildman–Crippen MR) is 177 cm³/mol. The number of benzene rings is 2. The van der Waals surface area contributed by atoms with Crippen LogP contribution in [0.2, 0.25) is 0 Å². The standard InChI is InChI=1S/C39H64/c1-8-15-21-31-27-33(23-17-10-3)36(25-19-12-5)38(29-31)35(14-7)39-30-32(22-16-9-2)28-34(24-18-11-4)37(39)26-20-13-6/h27-30,35H,8-26H2,1-7H3. The molecular formula is C39H64. The second kappa shape index (κ2) is 19.5. The quantitative estimate of drug-likeness (QED) is 0.150. The summed E-state index contributed by atoms with van der Waals surface area (Å²) in [4.78, 5) is 0. The third-order valence-electron chi connectivity index (χ3n) is 8.83. The first-order valence-electron chi connectivity index (χ1n) is 17.4. The first-order chi connectivity index (χ1) is 19.1. The topological polar surface area (TPSA) is 0 Å². The van der Waals surface area contributed by atoms with Crippen molar-refractivity contribution in [2.24, 2.45) is 0 Å². The third kappa shape index (κ3) is 10.4. The number of aryl methyl sites for hydroxylation is 4. The zero-order valence-corrected chi connectivity index (χ0v) is 27.3. The van der Waals surface area contributed by atoms with Crippen molar-refractivity contribution in [1.29, 1.82) is 0 Å². The Labute approximate surface area is 244 Å². The number of hydrogen-bond donors (Lipinski definition) is 0. The highest BCUT2D eigenvalue weighted by Gasteiger charge is 2.23. The molecule has 0 N–H and O–H groups in total. The molecule has 2 aromatic rings. The molecule has 0 aliphatic carbocycles. The summed E-state index contributed by atoms with van der Waals surface area (Å²) in [6.45, 7) is 16.6. The summed E-state index contributed by atoms with van der Waals surface area (Å²) in [6.07, 6.45) is 24.1. The molecule has 0 fully saturated rings. The maximum Gasteiger partial charge on any atom is 0.00925 e. The molecule has 0 radical (unpaired) electrons. The highest BCUT2D eigenvalue weighted by Crippen LogP contribution is 2.39. The molecule has 2 rings (SSSR count). The van der Waals surface area contributed by atoms with E-state index in [0.29, 0.717) is 5.92 Å². The molecule has 0 aliphatic heterocycles. The normalized spacial score (nSPS) is 11.6. The van der Waals surface area contributed by atoms with Crippen molar-refractivity contribution >= 4 is 0 Å². The van der Waals surface area contributed by atoms with Gasteiger partial charge in [-0.3, -0.25) is 0 Å². The largest absolute Gasteiger partial charge is 0.0654 e. The molecule has 0 atom stereocenters. The van der Waals surface area contributed by atoms with Gasteiger partial charge in [-0.2, -0.15) is 0 Å². The monoisotopic (exact) mass is 533 g/mol. The number of rotatable bonds is 21. The van der Waals surface area contributed by atoms with E-state index < -0.39 is 0 Å². The van der Waals surface area contributed by atoms with Crippen LogP contribution in [0, 0.1) is 0 Å². The molecule has 2 aromatic carbocycles. The summed E-state index contributed by atoms with van der Waals surface area (Å²) in [5, 5.41) is 0. The zero-order valence-electron chi connectivity index (χ0n) is 27.3. The Kier molecular flexibility index (Phi) is 16.8. The van der Waals surface area contributed by atoms with Crippen LogP contribution in [0.15, 0.2) is 24.3 Å². The van der Waals surface area contributed by atoms with Crippen molar-refractivity contribution in [1.82, 2.24) is 0 Å². The van der Waals surface area contributed by atoms with Crippen LogP contribution in [0.5, 0.6) is 0 Å². The van der Waals surface area contributed by atoms with E-state index in [0.717, 1.165) is 0 Å². The maximum absolute atomic E-state index is 2.68. The van der Waals surface area contributed by atoms with Gasteiger partial charge in [0.15, 0.2) is 0 Å². The predicted octanol–water partition coefficient (Wildman–Crippen LogP) is 12.3. The summed E-state index contributed by atoms with van der Waals surface area (Å²) >= 11 is 0. The van der Waals surface area contributed by atoms with Crippen LogP contribution in [0.4, 0.5) is 0 Å². The van der Waals surface area contributed by atoms with E-state index >= 15 is 0 Å². The summed E-state index contributed by atoms with van der Waals surface area (Å²) in [7, 11) is 0. The minimum absolute atomic E-state index is 0.521. The first-order valence-corrected chi connectivity index (χ1v) is 17.4. The average molecular weight is 533 g/mol. The van der Waals surface area contributed by atoms with E-state index in [9.17, 15) is 0 Å². The van der Waals surface area contributed by atoms with Gasteiger partial charge in [0.25, 0.3) is 0 Å². The third-order valence-corrected chi connectivity index (χ3v) is 8.83. The van der Waals surface area contributed by atoms with Crippen molar-refractivity contribution < 1.29 is 0 Å². The second-order valence-corrected chi connectivity index (χ2v) is 12.2. The van der Waals surface area contributed by atoms with Crippen molar-refractivity contribution in [3.8, 4) is 0 Å². The van der Waals surface area contributed by atoms with Gasteiger partial charge in [0, 0.05) is 5.92 Å². The second-order valence-electron chi connectivity index (χ2n) is 12.2. The van der Waals surface area contributed by atoms with Crippen molar-refractivity contribution in [2.75, 3.05) is 0 Å². The Bertz CT molecular complexity index is 858. The Balaban J connectivity index is 2.81. The molecule has 0 saturated heterocycles. The Hall–Kier alpha value is -1.56. The van der Waals surface area contributed by atoms with E-state index in [4.69, 9.17) is 0 Å². The lowest BCUT2D eigenvalue weighted by Gasteiger charge is -2.28. The van der Waals surface area contributed by atoms with Crippen LogP contribution in [-0.2, 0) is 38.5 Å². The minimum Gasteiger partial charge on any atom is -0.0654 e. The van der Waals surface area contributed by atoms with Gasteiger partial charge < -0.3 is 0 Å². The van der Waals surface area contributed by atoms with E-state index in [1.165, 1.54) is 122 Å². The minimum atomic E-state index is 0.521. The van der Waals surface area contributed by atoms with Gasteiger partial charge in [-0.05, 0) is 128 Å². The molecule has 0 aliphatic rings. The SMILES string of the molecule is CCCCc1cc(CCCC)c(CCCC)c(C(CC)c2cc(CCCC)cc(CCCC)c2CCCC)c1. The smallest absolute Gasteiger partial charge is 0.00925 e. The molecule has 0 nitrogen and oxygen atoms in total. The van der Waals surface area contributed by atoms with Crippen molar-refractivity contribution in [3.63, 3.8) is 0 Å². The molecule has 0 aromatic heterocycles. The van der Waals surface area contributed by atoms with Gasteiger partial charge in [0.05, 0.1) is 0 Å². The highest BCUT2D eigenvalue weighted by molar-refractivity contribution is 5.50. The summed E-state index contributed by atoms with van der Waals surface area (Å²) in [5.74, 6) is 0.521. The van der Waals surface area contributed by atoms with Crippen LogP contribution in [-0.4, -0.2) is 0 Å². The molecule has 39 heavy (non-hydrogen) atoms. The van der Waals surface area contributed by atoms with Crippen LogP contribution >= 0.6 is 0 Å². The highest BCUT2D eigenvalue weighted by atomic mass is 14.3. The lowest BCUT2D eigenvalue weighted by atomic mass is 9.77. The molecule has 0 unspecified atom stereocenters. The van der Waals surface area contributed by atoms with Crippen LogP contribution in [0.1, 0.15) is 182 Å². The molecule has 0 heteroatoms. The molecule has 0 saturated carbocycles.